The van der Waals surface area contributed by atoms with Crippen molar-refractivity contribution < 1.29 is 13.9 Å². The molecule has 0 aliphatic carbocycles. The smallest absolute Gasteiger partial charge is 0.317 e. The molecule has 0 spiro atoms. The van der Waals surface area contributed by atoms with E-state index in [1.165, 1.54) is 12.1 Å². The van der Waals surface area contributed by atoms with Gasteiger partial charge in [-0.05, 0) is 37.6 Å². The molecule has 2 rings (SSSR count). The second kappa shape index (κ2) is 4.84. The maximum atomic E-state index is 12.9. The fraction of sp³-hybridized carbons (Fsp3) is 0.462. The monoisotopic (exact) mass is 237 g/mol. The Hall–Kier alpha value is -1.42. The summed E-state index contributed by atoms with van der Waals surface area (Å²) in [5.74, 6) is -0.518. The van der Waals surface area contributed by atoms with Gasteiger partial charge in [-0.15, -0.1) is 0 Å². The van der Waals surface area contributed by atoms with Crippen LogP contribution in [-0.2, 0) is 14.9 Å². The van der Waals surface area contributed by atoms with Crippen molar-refractivity contribution in [1.82, 2.24) is 5.32 Å². The van der Waals surface area contributed by atoms with Crippen molar-refractivity contribution in [2.75, 3.05) is 19.7 Å². The second-order valence-electron chi connectivity index (χ2n) is 4.24. The van der Waals surface area contributed by atoms with Crippen molar-refractivity contribution in [3.63, 3.8) is 0 Å². The molecule has 1 saturated heterocycles. The number of ether oxygens (including phenoxy) is 1. The van der Waals surface area contributed by atoms with E-state index in [1.54, 1.807) is 19.1 Å². The van der Waals surface area contributed by atoms with Crippen LogP contribution in [0.5, 0.6) is 0 Å². The molecule has 1 aliphatic heterocycles. The van der Waals surface area contributed by atoms with Crippen LogP contribution in [0.4, 0.5) is 4.39 Å². The first kappa shape index (κ1) is 12.0. The maximum Gasteiger partial charge on any atom is 0.317 e. The van der Waals surface area contributed by atoms with E-state index in [2.05, 4.69) is 5.32 Å². The number of esters is 1. The van der Waals surface area contributed by atoms with Gasteiger partial charge in [0.25, 0.3) is 0 Å². The van der Waals surface area contributed by atoms with Gasteiger partial charge >= 0.3 is 5.97 Å². The minimum absolute atomic E-state index is 0.225. The van der Waals surface area contributed by atoms with E-state index in [0.717, 1.165) is 12.1 Å². The number of benzene rings is 1. The Labute approximate surface area is 100.0 Å². The minimum Gasteiger partial charge on any atom is -0.465 e. The van der Waals surface area contributed by atoms with E-state index in [4.69, 9.17) is 4.74 Å². The van der Waals surface area contributed by atoms with E-state index in [1.807, 2.05) is 0 Å². The lowest BCUT2D eigenvalue weighted by atomic mass is 9.80. The van der Waals surface area contributed by atoms with Crippen molar-refractivity contribution in [3.05, 3.63) is 35.6 Å². The Bertz CT molecular complexity index is 396. The van der Waals surface area contributed by atoms with Gasteiger partial charge in [0.1, 0.15) is 11.2 Å². The molecule has 1 fully saturated rings. The average Bonchev–Trinajstić information content (AvgIpc) is 2.81. The van der Waals surface area contributed by atoms with Crippen molar-refractivity contribution in [3.8, 4) is 0 Å². The molecule has 1 aliphatic rings. The number of halogens is 1. The molecule has 0 bridgehead atoms. The molecule has 3 nitrogen and oxygen atoms in total. The Kier molecular flexibility index (Phi) is 3.43. The van der Waals surface area contributed by atoms with E-state index in [9.17, 15) is 9.18 Å². The van der Waals surface area contributed by atoms with Gasteiger partial charge in [0.2, 0.25) is 0 Å². The number of rotatable bonds is 3. The zero-order valence-electron chi connectivity index (χ0n) is 9.83. The Morgan fingerprint density at radius 1 is 1.47 bits per heavy atom. The molecule has 0 saturated carbocycles. The van der Waals surface area contributed by atoms with Gasteiger partial charge in [-0.3, -0.25) is 4.79 Å². The van der Waals surface area contributed by atoms with E-state index in [-0.39, 0.29) is 11.8 Å². The summed E-state index contributed by atoms with van der Waals surface area (Å²) in [5, 5.41) is 3.17. The van der Waals surface area contributed by atoms with Crippen LogP contribution in [0.25, 0.3) is 0 Å². The van der Waals surface area contributed by atoms with Crippen LogP contribution >= 0.6 is 0 Å². The highest BCUT2D eigenvalue weighted by Gasteiger charge is 2.44. The van der Waals surface area contributed by atoms with Crippen LogP contribution in [0, 0.1) is 5.82 Å². The molecule has 1 aromatic carbocycles. The molecule has 0 radical (unpaired) electrons. The SMILES string of the molecule is CCOC(=O)C1(c2ccc(F)cc2)CCNC1. The highest BCUT2D eigenvalue weighted by Crippen LogP contribution is 2.32. The predicted octanol–water partition coefficient (Wildman–Crippen LogP) is 1.62. The molecule has 0 aromatic heterocycles. The summed E-state index contributed by atoms with van der Waals surface area (Å²) in [4.78, 5) is 12.1. The standard InChI is InChI=1S/C13H16FNO2/c1-2-17-12(16)13(7-8-15-9-13)10-3-5-11(14)6-4-10/h3-6,15H,2,7-9H2,1H3. The lowest BCUT2D eigenvalue weighted by Crippen LogP contribution is -2.39. The number of hydrogen-bond acceptors (Lipinski definition) is 3. The summed E-state index contributed by atoms with van der Waals surface area (Å²) in [6, 6.07) is 6.10. The first-order valence-corrected chi connectivity index (χ1v) is 5.83. The quantitative estimate of drug-likeness (QED) is 0.812. The number of hydrogen-bond donors (Lipinski definition) is 1. The fourth-order valence-electron chi connectivity index (χ4n) is 2.27. The summed E-state index contributed by atoms with van der Waals surface area (Å²) in [6.07, 6.45) is 0.692. The second-order valence-corrected chi connectivity index (χ2v) is 4.24. The highest BCUT2D eigenvalue weighted by molar-refractivity contribution is 5.84. The molecule has 92 valence electrons. The van der Waals surface area contributed by atoms with Crippen LogP contribution < -0.4 is 5.32 Å². The van der Waals surface area contributed by atoms with Gasteiger partial charge in [-0.1, -0.05) is 12.1 Å². The Morgan fingerprint density at radius 2 is 2.18 bits per heavy atom. The van der Waals surface area contributed by atoms with E-state index >= 15 is 0 Å². The largest absolute Gasteiger partial charge is 0.465 e. The molecular formula is C13H16FNO2. The number of carbonyl (C=O) groups is 1. The zero-order valence-corrected chi connectivity index (χ0v) is 9.83. The summed E-state index contributed by atoms with van der Waals surface area (Å²) in [5.41, 5.74) is 0.173. The average molecular weight is 237 g/mol. The molecule has 1 atom stereocenters. The van der Waals surface area contributed by atoms with Crippen molar-refractivity contribution in [2.24, 2.45) is 0 Å². The van der Waals surface area contributed by atoms with E-state index < -0.39 is 5.41 Å². The van der Waals surface area contributed by atoms with Crippen LogP contribution in [0.3, 0.4) is 0 Å². The molecule has 0 amide bonds. The summed E-state index contributed by atoms with van der Waals surface area (Å²) in [7, 11) is 0. The lowest BCUT2D eigenvalue weighted by molar-refractivity contribution is -0.149. The molecule has 1 unspecified atom stereocenters. The molecule has 1 heterocycles. The third-order valence-electron chi connectivity index (χ3n) is 3.22. The maximum absolute atomic E-state index is 12.9. The Morgan fingerprint density at radius 3 is 2.71 bits per heavy atom. The first-order valence-electron chi connectivity index (χ1n) is 5.83. The minimum atomic E-state index is -0.649. The van der Waals surface area contributed by atoms with Gasteiger partial charge in [-0.2, -0.15) is 0 Å². The molecule has 1 N–H and O–H groups in total. The van der Waals surface area contributed by atoms with Crippen LogP contribution in [-0.4, -0.2) is 25.7 Å². The van der Waals surface area contributed by atoms with Gasteiger partial charge in [0.15, 0.2) is 0 Å². The fourth-order valence-corrected chi connectivity index (χ4v) is 2.27. The third-order valence-corrected chi connectivity index (χ3v) is 3.22. The number of carbonyl (C=O) groups excluding carboxylic acids is 1. The van der Waals surface area contributed by atoms with Crippen LogP contribution in [0.15, 0.2) is 24.3 Å². The third kappa shape index (κ3) is 2.17. The van der Waals surface area contributed by atoms with Crippen LogP contribution in [0.1, 0.15) is 18.9 Å². The summed E-state index contributed by atoms with van der Waals surface area (Å²) in [6.45, 7) is 3.48. The normalized spacial score (nSPS) is 23.6. The van der Waals surface area contributed by atoms with Gasteiger partial charge in [0, 0.05) is 6.54 Å². The van der Waals surface area contributed by atoms with Gasteiger partial charge in [-0.25, -0.2) is 4.39 Å². The van der Waals surface area contributed by atoms with E-state index in [0.29, 0.717) is 19.6 Å². The lowest BCUT2D eigenvalue weighted by Gasteiger charge is -2.26. The molecular weight excluding hydrogens is 221 g/mol. The predicted molar refractivity (Wildman–Crippen MR) is 62.2 cm³/mol. The van der Waals surface area contributed by atoms with Gasteiger partial charge < -0.3 is 10.1 Å². The molecule has 17 heavy (non-hydrogen) atoms. The zero-order chi connectivity index (χ0) is 12.3. The van der Waals surface area contributed by atoms with Crippen molar-refractivity contribution in [1.29, 1.82) is 0 Å². The molecule has 1 aromatic rings. The van der Waals surface area contributed by atoms with Crippen LogP contribution in [0.2, 0.25) is 0 Å². The van der Waals surface area contributed by atoms with Crippen molar-refractivity contribution in [2.45, 2.75) is 18.8 Å². The summed E-state index contributed by atoms with van der Waals surface area (Å²) < 4.78 is 18.1. The topological polar surface area (TPSA) is 38.3 Å². The number of nitrogens with one attached hydrogen (secondary N) is 1. The van der Waals surface area contributed by atoms with Crippen molar-refractivity contribution >= 4 is 5.97 Å². The first-order chi connectivity index (χ1) is 8.19. The molecule has 4 heteroatoms. The Balaban J connectivity index is 2.34. The summed E-state index contributed by atoms with van der Waals surface area (Å²) >= 11 is 0. The highest BCUT2D eigenvalue weighted by atomic mass is 19.1. The van der Waals surface area contributed by atoms with Gasteiger partial charge in [0.05, 0.1) is 6.61 Å².